The van der Waals surface area contributed by atoms with Gasteiger partial charge in [-0.3, -0.25) is 4.79 Å². The minimum atomic E-state index is -0.438. The lowest BCUT2D eigenvalue weighted by atomic mass is 10.2. The summed E-state index contributed by atoms with van der Waals surface area (Å²) in [6, 6.07) is 9.74. The van der Waals surface area contributed by atoms with Gasteiger partial charge in [0.25, 0.3) is 0 Å². The Morgan fingerprint density at radius 2 is 1.80 bits per heavy atom. The van der Waals surface area contributed by atoms with Crippen molar-refractivity contribution in [3.63, 3.8) is 0 Å². The molecule has 1 aromatic rings. The molecule has 7 heteroatoms. The zero-order valence-electron chi connectivity index (χ0n) is 15.1. The molecule has 0 radical (unpaired) electrons. The monoisotopic (exact) mass is 432 g/mol. The van der Waals surface area contributed by atoms with Gasteiger partial charge in [0.15, 0.2) is 0 Å². The molecular weight excluding hydrogens is 409 g/mol. The fraction of sp³-hybridized carbons (Fsp3) is 0.444. The van der Waals surface area contributed by atoms with E-state index in [4.69, 9.17) is 24.4 Å². The van der Waals surface area contributed by atoms with E-state index in [-0.39, 0.29) is 11.0 Å². The maximum atomic E-state index is 10.8. The number of thioether (sulfide) groups is 3. The summed E-state index contributed by atoms with van der Waals surface area (Å²) in [6.07, 6.45) is 0.924. The van der Waals surface area contributed by atoms with E-state index < -0.39 is 4.75 Å². The SMILES string of the molecule is CC(C)(C=O)SC(=S)c1ccccc1.CCSC(=S)SC(C)C(C)=O. The van der Waals surface area contributed by atoms with Crippen LogP contribution in [0.1, 0.15) is 40.2 Å². The Bertz CT molecular complexity index is 584. The van der Waals surface area contributed by atoms with E-state index in [2.05, 4.69) is 6.92 Å². The number of thiocarbonyl (C=S) groups is 2. The van der Waals surface area contributed by atoms with Crippen LogP contribution in [0.25, 0.3) is 0 Å². The Morgan fingerprint density at radius 3 is 2.24 bits per heavy atom. The van der Waals surface area contributed by atoms with Crippen LogP contribution < -0.4 is 0 Å². The first-order valence-corrected chi connectivity index (χ1v) is 11.2. The standard InChI is InChI=1S/C11H12OS2.C7H12OS3/c1-11(2,8-12)14-10(13)9-6-4-3-5-7-9;1-4-10-7(9)11-6(3)5(2)8/h3-8H,1-2H3;6H,4H2,1-3H3. The van der Waals surface area contributed by atoms with Gasteiger partial charge in [0.2, 0.25) is 0 Å². The van der Waals surface area contributed by atoms with E-state index >= 15 is 0 Å². The fourth-order valence-corrected chi connectivity index (χ4v) is 5.37. The number of rotatable bonds is 6. The molecule has 1 unspecified atom stereocenters. The highest BCUT2D eigenvalue weighted by atomic mass is 32.2. The first-order valence-electron chi connectivity index (χ1n) is 7.71. The number of Topliss-reactive ketones (excluding diaryl/α,β-unsaturated/α-hetero) is 1. The molecule has 0 heterocycles. The van der Waals surface area contributed by atoms with E-state index in [1.165, 1.54) is 23.5 Å². The Labute approximate surface area is 174 Å². The lowest BCUT2D eigenvalue weighted by Crippen LogP contribution is -2.18. The summed E-state index contributed by atoms with van der Waals surface area (Å²) >= 11 is 14.8. The number of carbonyl (C=O) groups excluding carboxylic acids is 2. The van der Waals surface area contributed by atoms with Crippen molar-refractivity contribution in [2.75, 3.05) is 5.75 Å². The number of aldehydes is 1. The van der Waals surface area contributed by atoms with Crippen LogP contribution in [0, 0.1) is 0 Å². The molecule has 0 aromatic heterocycles. The molecule has 1 rings (SSSR count). The van der Waals surface area contributed by atoms with Gasteiger partial charge in [0.05, 0.1) is 14.2 Å². The minimum absolute atomic E-state index is 0.0153. The summed E-state index contributed by atoms with van der Waals surface area (Å²) in [5.74, 6) is 1.17. The van der Waals surface area contributed by atoms with Crippen molar-refractivity contribution in [2.24, 2.45) is 0 Å². The zero-order chi connectivity index (χ0) is 19.5. The molecule has 2 nitrogen and oxygen atoms in total. The maximum absolute atomic E-state index is 10.8. The van der Waals surface area contributed by atoms with Crippen LogP contribution in [0.15, 0.2) is 30.3 Å². The number of benzene rings is 1. The van der Waals surface area contributed by atoms with Gasteiger partial charge in [-0.2, -0.15) is 0 Å². The molecule has 25 heavy (non-hydrogen) atoms. The van der Waals surface area contributed by atoms with Gasteiger partial charge in [0.1, 0.15) is 15.6 Å². The van der Waals surface area contributed by atoms with Gasteiger partial charge >= 0.3 is 0 Å². The molecule has 0 amide bonds. The molecule has 0 saturated carbocycles. The lowest BCUT2D eigenvalue weighted by Gasteiger charge is -2.16. The molecule has 138 valence electrons. The molecule has 0 aliphatic carbocycles. The van der Waals surface area contributed by atoms with E-state index in [1.807, 2.05) is 51.1 Å². The lowest BCUT2D eigenvalue weighted by molar-refractivity contribution is -0.116. The normalized spacial score (nSPS) is 11.7. The van der Waals surface area contributed by atoms with Crippen molar-refractivity contribution >= 4 is 79.5 Å². The highest BCUT2D eigenvalue weighted by Gasteiger charge is 2.20. The second kappa shape index (κ2) is 13.0. The third-order valence-corrected chi connectivity index (χ3v) is 6.97. The van der Waals surface area contributed by atoms with Crippen molar-refractivity contribution in [3.05, 3.63) is 35.9 Å². The van der Waals surface area contributed by atoms with E-state index in [9.17, 15) is 9.59 Å². The average Bonchev–Trinajstić information content (AvgIpc) is 2.56. The molecule has 0 aliphatic heterocycles. The summed E-state index contributed by atoms with van der Waals surface area (Å²) in [6.45, 7) is 9.25. The highest BCUT2D eigenvalue weighted by molar-refractivity contribution is 8.47. The predicted molar refractivity (Wildman–Crippen MR) is 124 cm³/mol. The fourth-order valence-electron chi connectivity index (χ4n) is 1.28. The number of hydrogen-bond acceptors (Lipinski definition) is 7. The van der Waals surface area contributed by atoms with Gasteiger partial charge in [-0.25, -0.2) is 0 Å². The van der Waals surface area contributed by atoms with Gasteiger partial charge in [-0.15, -0.1) is 23.5 Å². The van der Waals surface area contributed by atoms with Gasteiger partial charge in [0, 0.05) is 0 Å². The van der Waals surface area contributed by atoms with Crippen molar-refractivity contribution in [1.29, 1.82) is 0 Å². The van der Waals surface area contributed by atoms with Gasteiger partial charge in [-0.05, 0) is 39.0 Å². The highest BCUT2D eigenvalue weighted by Crippen LogP contribution is 2.26. The van der Waals surface area contributed by atoms with Crippen LogP contribution in [0.5, 0.6) is 0 Å². The Morgan fingerprint density at radius 1 is 1.24 bits per heavy atom. The summed E-state index contributed by atoms with van der Waals surface area (Å²) < 4.78 is 1.20. The van der Waals surface area contributed by atoms with Gasteiger partial charge in [-0.1, -0.05) is 73.5 Å². The van der Waals surface area contributed by atoms with Crippen molar-refractivity contribution in [2.45, 2.75) is 44.6 Å². The number of ketones is 1. The largest absolute Gasteiger partial charge is 0.302 e. The molecule has 0 aliphatic rings. The summed E-state index contributed by atoms with van der Waals surface area (Å²) in [7, 11) is 0. The molecular formula is C18H24O2S5. The van der Waals surface area contributed by atoms with E-state index in [0.29, 0.717) is 0 Å². The second-order valence-electron chi connectivity index (χ2n) is 5.53. The molecule has 1 aromatic carbocycles. The van der Waals surface area contributed by atoms with E-state index in [1.54, 1.807) is 18.7 Å². The first-order chi connectivity index (χ1) is 11.6. The van der Waals surface area contributed by atoms with Crippen LogP contribution in [-0.2, 0) is 9.59 Å². The summed E-state index contributed by atoms with van der Waals surface area (Å²) in [4.78, 5) is 21.5. The van der Waals surface area contributed by atoms with Crippen LogP contribution in [0.3, 0.4) is 0 Å². The summed E-state index contributed by atoms with van der Waals surface area (Å²) in [5.41, 5.74) is 1.00. The molecule has 0 bridgehead atoms. The minimum Gasteiger partial charge on any atom is -0.302 e. The maximum Gasteiger partial charge on any atom is 0.142 e. The Kier molecular flexibility index (Phi) is 12.9. The van der Waals surface area contributed by atoms with E-state index in [0.717, 1.165) is 25.3 Å². The van der Waals surface area contributed by atoms with Crippen molar-refractivity contribution < 1.29 is 9.59 Å². The predicted octanol–water partition coefficient (Wildman–Crippen LogP) is 5.81. The molecule has 0 saturated heterocycles. The average molecular weight is 433 g/mol. The summed E-state index contributed by atoms with van der Waals surface area (Å²) in [5, 5.41) is 0.0153. The first kappa shape index (κ1) is 24.8. The zero-order valence-corrected chi connectivity index (χ0v) is 19.2. The van der Waals surface area contributed by atoms with Crippen molar-refractivity contribution in [1.82, 2.24) is 0 Å². The van der Waals surface area contributed by atoms with Crippen LogP contribution in [0.2, 0.25) is 0 Å². The quantitative estimate of drug-likeness (QED) is 0.414. The molecule has 0 fully saturated rings. The topological polar surface area (TPSA) is 34.1 Å². The molecule has 0 N–H and O–H groups in total. The Hall–Kier alpha value is -0.210. The van der Waals surface area contributed by atoms with Crippen molar-refractivity contribution in [3.8, 4) is 0 Å². The van der Waals surface area contributed by atoms with Crippen LogP contribution in [-0.4, -0.2) is 35.5 Å². The number of carbonyl (C=O) groups is 2. The number of hydrogen-bond donors (Lipinski definition) is 0. The Balaban J connectivity index is 0.000000477. The molecule has 1 atom stereocenters. The third-order valence-electron chi connectivity index (χ3n) is 2.76. The van der Waals surface area contributed by atoms with Gasteiger partial charge < -0.3 is 4.79 Å². The smallest absolute Gasteiger partial charge is 0.142 e. The molecule has 0 spiro atoms. The van der Waals surface area contributed by atoms with Crippen LogP contribution in [0.4, 0.5) is 0 Å². The van der Waals surface area contributed by atoms with Crippen LogP contribution >= 0.6 is 59.7 Å². The third kappa shape index (κ3) is 11.9. The second-order valence-corrected chi connectivity index (χ2v) is 11.7.